The van der Waals surface area contributed by atoms with Crippen molar-refractivity contribution in [1.29, 1.82) is 0 Å². The molecule has 1 N–H and O–H groups in total. The van der Waals surface area contributed by atoms with E-state index < -0.39 is 0 Å². The minimum atomic E-state index is -0.166. The van der Waals surface area contributed by atoms with Gasteiger partial charge in [0, 0.05) is 11.9 Å². The van der Waals surface area contributed by atoms with Crippen LogP contribution in [-0.4, -0.2) is 17.2 Å². The van der Waals surface area contributed by atoms with Gasteiger partial charge >= 0.3 is 0 Å². The largest absolute Gasteiger partial charge is 0.497 e. The van der Waals surface area contributed by atoms with Crippen molar-refractivity contribution in [3.05, 3.63) is 103 Å². The Morgan fingerprint density at radius 3 is 2.25 bits per heavy atom. The third-order valence-corrected chi connectivity index (χ3v) is 5.66. The molecule has 0 radical (unpaired) electrons. The Labute approximate surface area is 191 Å². The lowest BCUT2D eigenvalue weighted by atomic mass is 10.0. The van der Waals surface area contributed by atoms with Gasteiger partial charge < -0.3 is 24.1 Å². The quantitative estimate of drug-likeness (QED) is 0.386. The van der Waals surface area contributed by atoms with Gasteiger partial charge in [-0.15, -0.1) is 0 Å². The zero-order valence-electron chi connectivity index (χ0n) is 17.3. The number of hydrogen-bond acceptors (Lipinski definition) is 5. The topological polar surface area (TPSA) is 59.8 Å². The molecule has 1 saturated heterocycles. The van der Waals surface area contributed by atoms with Crippen LogP contribution in [-0.2, 0) is 0 Å². The van der Waals surface area contributed by atoms with Crippen molar-refractivity contribution >= 4 is 23.0 Å². The van der Waals surface area contributed by atoms with Crippen LogP contribution < -0.4 is 19.7 Å². The second-order valence-electron chi connectivity index (χ2n) is 7.28. The van der Waals surface area contributed by atoms with Crippen LogP contribution in [0, 0.1) is 0 Å². The second kappa shape index (κ2) is 8.72. The van der Waals surface area contributed by atoms with Gasteiger partial charge in [0.1, 0.15) is 29.1 Å². The summed E-state index contributed by atoms with van der Waals surface area (Å²) in [5, 5.41) is 4.03. The van der Waals surface area contributed by atoms with E-state index in [-0.39, 0.29) is 12.1 Å². The van der Waals surface area contributed by atoms with Crippen LogP contribution in [0.25, 0.3) is 0 Å². The van der Waals surface area contributed by atoms with Gasteiger partial charge in [0.2, 0.25) is 0 Å². The van der Waals surface area contributed by atoms with Gasteiger partial charge in [0.05, 0.1) is 25.1 Å². The van der Waals surface area contributed by atoms with Crippen molar-refractivity contribution in [3.8, 4) is 17.2 Å². The molecular weight excluding hydrogens is 422 g/mol. The number of methoxy groups -OCH3 is 1. The molecule has 0 bridgehead atoms. The maximum absolute atomic E-state index is 5.96. The van der Waals surface area contributed by atoms with E-state index in [0.717, 1.165) is 34.4 Å². The molecule has 160 valence electrons. The van der Waals surface area contributed by atoms with Gasteiger partial charge in [-0.3, -0.25) is 4.98 Å². The van der Waals surface area contributed by atoms with Gasteiger partial charge in [-0.2, -0.15) is 0 Å². The summed E-state index contributed by atoms with van der Waals surface area (Å²) < 4.78 is 16.9. The summed E-state index contributed by atoms with van der Waals surface area (Å²) in [5.41, 5.74) is 1.84. The molecule has 3 heterocycles. The van der Waals surface area contributed by atoms with Crippen LogP contribution in [0.2, 0.25) is 0 Å². The lowest BCUT2D eigenvalue weighted by molar-refractivity contribution is 0.413. The summed E-state index contributed by atoms with van der Waals surface area (Å²) in [4.78, 5) is 6.60. The maximum atomic E-state index is 5.96. The Balaban J connectivity index is 1.42. The van der Waals surface area contributed by atoms with Crippen molar-refractivity contribution in [2.75, 3.05) is 12.0 Å². The van der Waals surface area contributed by atoms with E-state index in [4.69, 9.17) is 26.1 Å². The van der Waals surface area contributed by atoms with Crippen molar-refractivity contribution in [1.82, 2.24) is 10.3 Å². The zero-order valence-corrected chi connectivity index (χ0v) is 18.2. The van der Waals surface area contributed by atoms with Crippen molar-refractivity contribution < 1.29 is 13.9 Å². The number of furan rings is 1. The SMILES string of the molecule is COc1ccc(Oc2ccc(N3C(=S)N[C@@H](c4ccccn4)[C@H]3c3ccco3)cc2)cc1. The zero-order chi connectivity index (χ0) is 21.9. The molecule has 0 aliphatic carbocycles. The van der Waals surface area contributed by atoms with Gasteiger partial charge in [0.25, 0.3) is 0 Å². The molecular formula is C25H21N3O3S. The molecule has 0 unspecified atom stereocenters. The van der Waals surface area contributed by atoms with Crippen molar-refractivity contribution in [2.45, 2.75) is 12.1 Å². The summed E-state index contributed by atoms with van der Waals surface area (Å²) in [7, 11) is 1.64. The Kier molecular flexibility index (Phi) is 5.47. The van der Waals surface area contributed by atoms with Crippen molar-refractivity contribution in [3.63, 3.8) is 0 Å². The van der Waals surface area contributed by atoms with E-state index in [2.05, 4.69) is 15.2 Å². The molecule has 5 rings (SSSR count). The first-order valence-electron chi connectivity index (χ1n) is 10.2. The van der Waals surface area contributed by atoms with Crippen LogP contribution in [0.15, 0.2) is 95.7 Å². The molecule has 4 aromatic rings. The first kappa shape index (κ1) is 20.1. The van der Waals surface area contributed by atoms with Crippen LogP contribution in [0.5, 0.6) is 17.2 Å². The molecule has 0 spiro atoms. The molecule has 6 nitrogen and oxygen atoms in total. The number of pyridine rings is 1. The van der Waals surface area contributed by atoms with Crippen LogP contribution >= 0.6 is 12.2 Å². The summed E-state index contributed by atoms with van der Waals surface area (Å²) in [5.74, 6) is 3.06. The van der Waals surface area contributed by atoms with Crippen LogP contribution in [0.4, 0.5) is 5.69 Å². The molecule has 7 heteroatoms. The molecule has 2 aromatic carbocycles. The van der Waals surface area contributed by atoms with Crippen LogP contribution in [0.1, 0.15) is 23.5 Å². The average molecular weight is 444 g/mol. The molecule has 0 saturated carbocycles. The summed E-state index contributed by atoms with van der Waals surface area (Å²) in [6.07, 6.45) is 3.46. The Morgan fingerprint density at radius 2 is 1.62 bits per heavy atom. The van der Waals surface area contributed by atoms with Gasteiger partial charge in [0.15, 0.2) is 5.11 Å². The van der Waals surface area contributed by atoms with Crippen LogP contribution in [0.3, 0.4) is 0 Å². The molecule has 2 aromatic heterocycles. The molecule has 1 fully saturated rings. The standard InChI is InChI=1S/C25H21N3O3S/c1-29-18-11-13-20(14-12-18)31-19-9-7-17(8-10-19)28-24(22-6-4-16-30-22)23(27-25(28)32)21-5-2-3-15-26-21/h2-16,23-24H,1H3,(H,27,32)/t23-,24+/m0/s1. The predicted octanol–water partition coefficient (Wildman–Crippen LogP) is 5.65. The smallest absolute Gasteiger partial charge is 0.174 e. The number of ether oxygens (including phenoxy) is 2. The van der Waals surface area contributed by atoms with E-state index >= 15 is 0 Å². The van der Waals surface area contributed by atoms with Crippen molar-refractivity contribution in [2.24, 2.45) is 0 Å². The average Bonchev–Trinajstić information content (AvgIpc) is 3.48. The molecule has 32 heavy (non-hydrogen) atoms. The molecule has 1 aliphatic rings. The number of anilines is 1. The minimum absolute atomic E-state index is 0.134. The number of nitrogens with one attached hydrogen (secondary N) is 1. The van der Waals surface area contributed by atoms with E-state index in [0.29, 0.717) is 5.11 Å². The van der Waals surface area contributed by atoms with Gasteiger partial charge in [-0.25, -0.2) is 0 Å². The highest BCUT2D eigenvalue weighted by atomic mass is 32.1. The first-order chi connectivity index (χ1) is 15.7. The minimum Gasteiger partial charge on any atom is -0.497 e. The highest BCUT2D eigenvalue weighted by molar-refractivity contribution is 7.80. The molecule has 0 amide bonds. The van der Waals surface area contributed by atoms with E-state index in [1.807, 2.05) is 78.9 Å². The van der Waals surface area contributed by atoms with E-state index in [1.165, 1.54) is 0 Å². The maximum Gasteiger partial charge on any atom is 0.174 e. The normalized spacial score (nSPS) is 17.8. The Hall–Kier alpha value is -3.84. The third-order valence-electron chi connectivity index (χ3n) is 5.34. The second-order valence-corrected chi connectivity index (χ2v) is 7.67. The number of rotatable bonds is 6. The highest BCUT2D eigenvalue weighted by Crippen LogP contribution is 2.42. The molecule has 2 atom stereocenters. The predicted molar refractivity (Wildman–Crippen MR) is 126 cm³/mol. The number of benzene rings is 2. The number of thiocarbonyl (C=S) groups is 1. The molecule has 1 aliphatic heterocycles. The highest BCUT2D eigenvalue weighted by Gasteiger charge is 2.42. The lowest BCUT2D eigenvalue weighted by Gasteiger charge is -2.26. The summed E-state index contributed by atoms with van der Waals surface area (Å²) >= 11 is 5.71. The fourth-order valence-electron chi connectivity index (χ4n) is 3.84. The monoisotopic (exact) mass is 443 g/mol. The number of hydrogen-bond donors (Lipinski definition) is 1. The third kappa shape index (κ3) is 3.90. The summed E-state index contributed by atoms with van der Waals surface area (Å²) in [6.45, 7) is 0. The Morgan fingerprint density at radius 1 is 0.906 bits per heavy atom. The number of nitrogens with zero attached hydrogens (tertiary/aromatic N) is 2. The van der Waals surface area contributed by atoms with Gasteiger partial charge in [-0.05, 0) is 85.0 Å². The van der Waals surface area contributed by atoms with E-state index in [9.17, 15) is 0 Å². The van der Waals surface area contributed by atoms with E-state index in [1.54, 1.807) is 19.6 Å². The lowest BCUT2D eigenvalue weighted by Crippen LogP contribution is -2.29. The van der Waals surface area contributed by atoms with Gasteiger partial charge in [-0.1, -0.05) is 6.07 Å². The Bertz CT molecular complexity index is 1180. The summed E-state index contributed by atoms with van der Waals surface area (Å²) in [6, 6.07) is 24.7. The fraction of sp³-hybridized carbons (Fsp3) is 0.120. The number of aromatic nitrogens is 1. The fourth-order valence-corrected chi connectivity index (χ4v) is 4.18. The first-order valence-corrected chi connectivity index (χ1v) is 10.6.